The summed E-state index contributed by atoms with van der Waals surface area (Å²) in [7, 11) is 1.59. The Balaban J connectivity index is 1.52. The van der Waals surface area contributed by atoms with Crippen LogP contribution < -0.4 is 5.32 Å². The van der Waals surface area contributed by atoms with Crippen LogP contribution in [0.1, 0.15) is 29.0 Å². The number of fused-ring (bicyclic) bond motifs is 1. The normalized spacial score (nSPS) is 18.2. The van der Waals surface area contributed by atoms with Gasteiger partial charge in [0.15, 0.2) is 5.76 Å². The van der Waals surface area contributed by atoms with E-state index in [0.29, 0.717) is 26.2 Å². The van der Waals surface area contributed by atoms with Gasteiger partial charge in [0.25, 0.3) is 5.91 Å². The molecule has 1 aromatic heterocycles. The highest BCUT2D eigenvalue weighted by Crippen LogP contribution is 2.38. The van der Waals surface area contributed by atoms with Crippen molar-refractivity contribution in [2.45, 2.75) is 31.8 Å². The largest absolute Gasteiger partial charge is 0.459 e. The molecule has 168 valence electrons. The number of benzene rings is 2. The molecular weight excluding hydrogens is 426 g/mol. The summed E-state index contributed by atoms with van der Waals surface area (Å²) in [4.78, 5) is 12.7. The first-order chi connectivity index (χ1) is 15.7. The van der Waals surface area contributed by atoms with Crippen molar-refractivity contribution in [1.29, 1.82) is 0 Å². The zero-order valence-electron chi connectivity index (χ0n) is 18.0. The Morgan fingerprint density at radius 1 is 1.19 bits per heavy atom. The number of rotatable bonds is 9. The van der Waals surface area contributed by atoms with Gasteiger partial charge in [0.2, 0.25) is 6.29 Å². The molecule has 0 aliphatic carbocycles. The fraction of sp³-hybridized carbons (Fsp3) is 0.320. The summed E-state index contributed by atoms with van der Waals surface area (Å²) in [6.07, 6.45) is 1.96. The lowest BCUT2D eigenvalue weighted by atomic mass is 9.92. The van der Waals surface area contributed by atoms with Crippen LogP contribution in [0.25, 0.3) is 10.1 Å². The number of hydrogen-bond donors (Lipinski definition) is 2. The molecule has 0 fully saturated rings. The first-order valence-corrected chi connectivity index (χ1v) is 11.5. The van der Waals surface area contributed by atoms with E-state index in [1.54, 1.807) is 18.4 Å². The molecule has 0 saturated heterocycles. The average Bonchev–Trinajstić information content (AvgIpc) is 3.27. The minimum atomic E-state index is -0.552. The van der Waals surface area contributed by atoms with Gasteiger partial charge in [-0.1, -0.05) is 42.5 Å². The maximum atomic E-state index is 12.7. The molecule has 6 nitrogen and oxygen atoms in total. The minimum absolute atomic E-state index is 0.00448. The number of thiophene rings is 1. The summed E-state index contributed by atoms with van der Waals surface area (Å²) >= 11 is 1.70. The van der Waals surface area contributed by atoms with Gasteiger partial charge in [-0.2, -0.15) is 0 Å². The van der Waals surface area contributed by atoms with Crippen molar-refractivity contribution in [3.63, 3.8) is 0 Å². The Morgan fingerprint density at radius 2 is 1.97 bits per heavy atom. The van der Waals surface area contributed by atoms with Crippen molar-refractivity contribution in [1.82, 2.24) is 5.32 Å². The number of nitrogens with one attached hydrogen (secondary N) is 1. The lowest BCUT2D eigenvalue weighted by molar-refractivity contribution is -0.150. The van der Waals surface area contributed by atoms with Crippen LogP contribution in [0.15, 0.2) is 65.7 Å². The molecule has 2 atom stereocenters. The lowest BCUT2D eigenvalue weighted by Gasteiger charge is -2.29. The molecule has 2 heterocycles. The van der Waals surface area contributed by atoms with Crippen LogP contribution in [0.2, 0.25) is 0 Å². The molecule has 3 aromatic rings. The van der Waals surface area contributed by atoms with Crippen LogP contribution in [0.4, 0.5) is 0 Å². The zero-order chi connectivity index (χ0) is 22.3. The van der Waals surface area contributed by atoms with E-state index in [0.717, 1.165) is 11.1 Å². The number of amides is 1. The Kier molecular flexibility index (Phi) is 7.55. The lowest BCUT2D eigenvalue weighted by Crippen LogP contribution is -2.34. The SMILES string of the molecule is COCCNC(=O)C1=C[C@H](c2csc3ccccc23)C[C@H](OCc2ccc(CO)cc2)O1. The molecular formula is C25H27NO5S. The molecule has 1 aliphatic heterocycles. The Bertz CT molecular complexity index is 1080. The Hall–Kier alpha value is -2.71. The fourth-order valence-corrected chi connectivity index (χ4v) is 4.73. The number of carbonyl (C=O) groups excluding carboxylic acids is 1. The molecule has 4 rings (SSSR count). The van der Waals surface area contributed by atoms with Crippen LogP contribution in [-0.4, -0.2) is 37.6 Å². The molecule has 0 radical (unpaired) electrons. The van der Waals surface area contributed by atoms with Gasteiger partial charge in [0.05, 0.1) is 19.8 Å². The third kappa shape index (κ3) is 5.37. The first kappa shape index (κ1) is 22.5. The van der Waals surface area contributed by atoms with E-state index in [-0.39, 0.29) is 24.2 Å². The summed E-state index contributed by atoms with van der Waals surface area (Å²) in [6.45, 7) is 1.20. The van der Waals surface area contributed by atoms with Crippen molar-refractivity contribution in [2.24, 2.45) is 0 Å². The minimum Gasteiger partial charge on any atom is -0.459 e. The summed E-state index contributed by atoms with van der Waals surface area (Å²) in [5, 5.41) is 15.4. The molecule has 2 N–H and O–H groups in total. The quantitative estimate of drug-likeness (QED) is 0.478. The highest BCUT2D eigenvalue weighted by atomic mass is 32.1. The topological polar surface area (TPSA) is 77.0 Å². The number of ether oxygens (including phenoxy) is 3. The maximum Gasteiger partial charge on any atom is 0.286 e. The van der Waals surface area contributed by atoms with Gasteiger partial charge >= 0.3 is 0 Å². The summed E-state index contributed by atoms with van der Waals surface area (Å²) in [5.41, 5.74) is 3.01. The molecule has 1 aliphatic rings. The molecule has 2 aromatic carbocycles. The smallest absolute Gasteiger partial charge is 0.286 e. The van der Waals surface area contributed by atoms with Crippen molar-refractivity contribution in [2.75, 3.05) is 20.3 Å². The van der Waals surface area contributed by atoms with Crippen LogP contribution in [-0.2, 0) is 32.2 Å². The Labute approximate surface area is 191 Å². The van der Waals surface area contributed by atoms with Gasteiger partial charge in [-0.05, 0) is 39.6 Å². The third-order valence-electron chi connectivity index (χ3n) is 5.42. The van der Waals surface area contributed by atoms with Crippen molar-refractivity contribution in [3.8, 4) is 0 Å². The van der Waals surface area contributed by atoms with Crippen molar-refractivity contribution < 1.29 is 24.1 Å². The molecule has 1 amide bonds. The summed E-state index contributed by atoms with van der Waals surface area (Å²) in [6, 6.07) is 15.9. The van der Waals surface area contributed by atoms with Gasteiger partial charge in [0.1, 0.15) is 0 Å². The van der Waals surface area contributed by atoms with Crippen molar-refractivity contribution >= 4 is 27.3 Å². The van der Waals surface area contributed by atoms with Gasteiger partial charge in [-0.25, -0.2) is 0 Å². The van der Waals surface area contributed by atoms with Crippen molar-refractivity contribution in [3.05, 3.63) is 82.4 Å². The average molecular weight is 454 g/mol. The van der Waals surface area contributed by atoms with Crippen LogP contribution in [0.5, 0.6) is 0 Å². The summed E-state index contributed by atoms with van der Waals surface area (Å²) < 4.78 is 18.2. The third-order valence-corrected chi connectivity index (χ3v) is 6.41. The first-order valence-electron chi connectivity index (χ1n) is 10.6. The Morgan fingerprint density at radius 3 is 2.75 bits per heavy atom. The van der Waals surface area contributed by atoms with Crippen LogP contribution in [0.3, 0.4) is 0 Å². The second kappa shape index (κ2) is 10.7. The molecule has 0 bridgehead atoms. The highest BCUT2D eigenvalue weighted by Gasteiger charge is 2.30. The van der Waals surface area contributed by atoms with Gasteiger partial charge < -0.3 is 24.6 Å². The maximum absolute atomic E-state index is 12.7. The molecule has 0 unspecified atom stereocenters. The molecule has 7 heteroatoms. The number of carbonyl (C=O) groups is 1. The van der Waals surface area contributed by atoms with Gasteiger partial charge in [0, 0.05) is 30.7 Å². The highest BCUT2D eigenvalue weighted by molar-refractivity contribution is 7.17. The number of methoxy groups -OCH3 is 1. The zero-order valence-corrected chi connectivity index (χ0v) is 18.8. The fourth-order valence-electron chi connectivity index (χ4n) is 3.70. The number of hydrogen-bond acceptors (Lipinski definition) is 6. The monoisotopic (exact) mass is 453 g/mol. The van der Waals surface area contributed by atoms with E-state index in [9.17, 15) is 9.90 Å². The molecule has 32 heavy (non-hydrogen) atoms. The second-order valence-electron chi connectivity index (χ2n) is 7.64. The number of aliphatic hydroxyl groups excluding tert-OH is 1. The predicted molar refractivity (Wildman–Crippen MR) is 124 cm³/mol. The van der Waals surface area contributed by atoms with E-state index in [4.69, 9.17) is 14.2 Å². The predicted octanol–water partition coefficient (Wildman–Crippen LogP) is 4.09. The van der Waals surface area contributed by atoms with Crippen LogP contribution >= 0.6 is 11.3 Å². The number of aliphatic hydroxyl groups is 1. The van der Waals surface area contributed by atoms with E-state index in [1.807, 2.05) is 42.5 Å². The van der Waals surface area contributed by atoms with E-state index in [1.165, 1.54) is 15.6 Å². The molecule has 0 spiro atoms. The van der Waals surface area contributed by atoms with E-state index < -0.39 is 6.29 Å². The van der Waals surface area contributed by atoms with Gasteiger partial charge in [-0.3, -0.25) is 4.79 Å². The van der Waals surface area contributed by atoms with E-state index in [2.05, 4.69) is 22.8 Å². The summed E-state index contributed by atoms with van der Waals surface area (Å²) in [5.74, 6) is 0.00489. The van der Waals surface area contributed by atoms with Gasteiger partial charge in [-0.15, -0.1) is 11.3 Å². The molecule has 0 saturated carbocycles. The number of allylic oxidation sites excluding steroid dienone is 1. The van der Waals surface area contributed by atoms with E-state index >= 15 is 0 Å². The second-order valence-corrected chi connectivity index (χ2v) is 8.55. The standard InChI is InChI=1S/C25H27NO5S/c1-29-11-10-26-25(28)22-12-19(21-16-32-23-5-3-2-4-20(21)23)13-24(31-22)30-15-18-8-6-17(14-27)7-9-18/h2-9,12,16,19,24,27H,10-11,13-15H2,1H3,(H,26,28)/t19-,24+/m0/s1. The van der Waals surface area contributed by atoms with Crippen LogP contribution in [0, 0.1) is 0 Å².